The number of nitrogens with zero attached hydrogens (tertiary/aromatic N) is 2. The first-order valence-electron chi connectivity index (χ1n) is 9.59. The number of aromatic nitrogens is 2. The molecule has 0 unspecified atom stereocenters. The summed E-state index contributed by atoms with van der Waals surface area (Å²) in [4.78, 5) is 2.33. The zero-order chi connectivity index (χ0) is 19.3. The maximum Gasteiger partial charge on any atom is 0.274 e. The van der Waals surface area contributed by atoms with Crippen molar-refractivity contribution >= 4 is 22.7 Å². The highest BCUT2D eigenvalue weighted by Gasteiger charge is 2.26. The number of thiophene rings is 2. The molecule has 4 rings (SSSR count). The lowest BCUT2D eigenvalue weighted by Gasteiger charge is -2.18. The van der Waals surface area contributed by atoms with Crippen molar-refractivity contribution in [3.8, 4) is 10.8 Å². The molecule has 0 saturated carbocycles. The van der Waals surface area contributed by atoms with Gasteiger partial charge >= 0.3 is 0 Å². The number of benzene rings is 1. The van der Waals surface area contributed by atoms with Crippen LogP contribution in [0.1, 0.15) is 54.2 Å². The Labute approximate surface area is 173 Å². The molecule has 3 aromatic heterocycles. The maximum absolute atomic E-state index is 5.96. The van der Waals surface area contributed by atoms with Gasteiger partial charge in [0.05, 0.1) is 9.75 Å². The predicted octanol–water partition coefficient (Wildman–Crippen LogP) is 5.23. The Morgan fingerprint density at radius 1 is 1.00 bits per heavy atom. The smallest absolute Gasteiger partial charge is 0.274 e. The maximum atomic E-state index is 5.96. The molecule has 0 spiro atoms. The van der Waals surface area contributed by atoms with Crippen molar-refractivity contribution in [3.05, 3.63) is 81.2 Å². The van der Waals surface area contributed by atoms with Crippen LogP contribution in [0.5, 0.6) is 0 Å². The lowest BCUT2D eigenvalue weighted by Crippen LogP contribution is -2.85. The van der Waals surface area contributed by atoms with E-state index in [2.05, 4.69) is 71.1 Å². The van der Waals surface area contributed by atoms with Crippen LogP contribution in [-0.2, 0) is 6.42 Å². The average molecular weight is 411 g/mol. The van der Waals surface area contributed by atoms with Gasteiger partial charge in [0.2, 0.25) is 0 Å². The van der Waals surface area contributed by atoms with E-state index < -0.39 is 0 Å². The fraction of sp³-hybridized carbons (Fsp3) is 0.273. The van der Waals surface area contributed by atoms with E-state index in [0.717, 1.165) is 11.3 Å². The van der Waals surface area contributed by atoms with Crippen molar-refractivity contribution in [1.82, 2.24) is 10.2 Å². The number of nitrogens with two attached hydrogens (primary N) is 1. The van der Waals surface area contributed by atoms with E-state index in [9.17, 15) is 0 Å². The summed E-state index contributed by atoms with van der Waals surface area (Å²) in [6.07, 6.45) is 2.29. The molecule has 4 aromatic rings. The van der Waals surface area contributed by atoms with Gasteiger partial charge in [0.25, 0.3) is 11.8 Å². The number of aryl methyl sites for hydroxylation is 1. The van der Waals surface area contributed by atoms with Crippen molar-refractivity contribution in [2.75, 3.05) is 0 Å². The molecule has 0 bridgehead atoms. The zero-order valence-electron chi connectivity index (χ0n) is 16.0. The summed E-state index contributed by atoms with van der Waals surface area (Å²) in [5.41, 5.74) is 2.69. The van der Waals surface area contributed by atoms with E-state index in [1.807, 2.05) is 17.5 Å². The summed E-state index contributed by atoms with van der Waals surface area (Å²) in [7, 11) is 0. The SMILES string of the molecule is CCCc1ccc([C@@H]([NH2+][C@@H](C)c2nnc(-c3cccs3)o2)c2cccs2)cc1. The number of hydrogen-bond donors (Lipinski definition) is 1. The Kier molecular flexibility index (Phi) is 6.00. The van der Waals surface area contributed by atoms with Crippen LogP contribution in [0.3, 0.4) is 0 Å². The van der Waals surface area contributed by atoms with Gasteiger partial charge in [-0.05, 0) is 41.8 Å². The van der Waals surface area contributed by atoms with E-state index in [4.69, 9.17) is 4.42 Å². The number of rotatable bonds is 8. The summed E-state index contributed by atoms with van der Waals surface area (Å²) in [5.74, 6) is 1.26. The Bertz CT molecular complexity index is 975. The first-order chi connectivity index (χ1) is 13.7. The third-order valence-electron chi connectivity index (χ3n) is 4.77. The van der Waals surface area contributed by atoms with E-state index in [1.54, 1.807) is 22.7 Å². The lowest BCUT2D eigenvalue weighted by molar-refractivity contribution is -0.725. The topological polar surface area (TPSA) is 55.5 Å². The molecule has 4 nitrogen and oxygen atoms in total. The van der Waals surface area contributed by atoms with Crippen LogP contribution >= 0.6 is 22.7 Å². The van der Waals surface area contributed by atoms with Gasteiger partial charge in [0, 0.05) is 5.56 Å². The van der Waals surface area contributed by atoms with Crippen molar-refractivity contribution in [1.29, 1.82) is 0 Å². The zero-order valence-corrected chi connectivity index (χ0v) is 17.7. The fourth-order valence-corrected chi connectivity index (χ4v) is 4.79. The third kappa shape index (κ3) is 4.24. The van der Waals surface area contributed by atoms with Gasteiger partial charge in [-0.2, -0.15) is 0 Å². The van der Waals surface area contributed by atoms with Crippen LogP contribution in [0.15, 0.2) is 63.7 Å². The molecule has 0 aliphatic rings. The van der Waals surface area contributed by atoms with Gasteiger partial charge in [0.15, 0.2) is 6.04 Å². The molecule has 0 aliphatic heterocycles. The molecule has 0 aliphatic carbocycles. The van der Waals surface area contributed by atoms with E-state index in [0.29, 0.717) is 11.8 Å². The van der Waals surface area contributed by atoms with E-state index in [1.165, 1.54) is 22.4 Å². The summed E-state index contributed by atoms with van der Waals surface area (Å²) in [6, 6.07) is 17.6. The molecule has 28 heavy (non-hydrogen) atoms. The molecule has 0 amide bonds. The second-order valence-corrected chi connectivity index (χ2v) is 8.82. The Morgan fingerprint density at radius 2 is 1.79 bits per heavy atom. The molecule has 1 aromatic carbocycles. The second kappa shape index (κ2) is 8.82. The molecule has 0 radical (unpaired) electrons. The lowest BCUT2D eigenvalue weighted by atomic mass is 10.0. The highest BCUT2D eigenvalue weighted by molar-refractivity contribution is 7.13. The summed E-state index contributed by atoms with van der Waals surface area (Å²) < 4.78 is 5.96. The highest BCUT2D eigenvalue weighted by Crippen LogP contribution is 2.26. The minimum atomic E-state index is 0.0589. The molecule has 0 saturated heterocycles. The van der Waals surface area contributed by atoms with Crippen LogP contribution in [0.4, 0.5) is 0 Å². The molecule has 2 N–H and O–H groups in total. The fourth-order valence-electron chi connectivity index (χ4n) is 3.31. The normalized spacial score (nSPS) is 13.5. The van der Waals surface area contributed by atoms with E-state index in [-0.39, 0.29) is 12.1 Å². The minimum Gasteiger partial charge on any atom is -0.414 e. The molecule has 3 heterocycles. The molecule has 144 valence electrons. The van der Waals surface area contributed by atoms with Crippen molar-refractivity contribution in [2.45, 2.75) is 38.8 Å². The van der Waals surface area contributed by atoms with Gasteiger partial charge in [-0.25, -0.2) is 0 Å². The van der Waals surface area contributed by atoms with Crippen LogP contribution < -0.4 is 5.32 Å². The predicted molar refractivity (Wildman–Crippen MR) is 115 cm³/mol. The van der Waals surface area contributed by atoms with Gasteiger partial charge < -0.3 is 9.73 Å². The summed E-state index contributed by atoms with van der Waals surface area (Å²) >= 11 is 3.39. The van der Waals surface area contributed by atoms with E-state index >= 15 is 0 Å². The summed E-state index contributed by atoms with van der Waals surface area (Å²) in [6.45, 7) is 4.34. The molecular formula is C22H24N3OS2+. The quantitative estimate of drug-likeness (QED) is 0.433. The average Bonchev–Trinajstić information content (AvgIpc) is 3.49. The Balaban J connectivity index is 1.56. The highest BCUT2D eigenvalue weighted by atomic mass is 32.1. The number of hydrogen-bond acceptors (Lipinski definition) is 5. The Morgan fingerprint density at radius 3 is 2.46 bits per heavy atom. The van der Waals surface area contributed by atoms with Crippen LogP contribution in [0.2, 0.25) is 0 Å². The largest absolute Gasteiger partial charge is 0.414 e. The Hall–Kier alpha value is -2.28. The van der Waals surface area contributed by atoms with Crippen molar-refractivity contribution in [2.24, 2.45) is 0 Å². The summed E-state index contributed by atoms with van der Waals surface area (Å²) in [5, 5.41) is 15.0. The molecule has 0 fully saturated rings. The number of quaternary nitrogens is 1. The molecule has 2 atom stereocenters. The van der Waals surface area contributed by atoms with Crippen molar-refractivity contribution in [3.63, 3.8) is 0 Å². The van der Waals surface area contributed by atoms with Gasteiger partial charge in [-0.3, -0.25) is 0 Å². The third-order valence-corrected chi connectivity index (χ3v) is 6.58. The first kappa shape index (κ1) is 19.1. The van der Waals surface area contributed by atoms with Crippen LogP contribution in [-0.4, -0.2) is 10.2 Å². The van der Waals surface area contributed by atoms with Crippen LogP contribution in [0.25, 0.3) is 10.8 Å². The van der Waals surface area contributed by atoms with Gasteiger partial charge in [0.1, 0.15) is 6.04 Å². The van der Waals surface area contributed by atoms with Crippen molar-refractivity contribution < 1.29 is 9.73 Å². The standard InChI is InChI=1S/C22H23N3OS2/c1-3-6-16-9-11-17(12-10-16)20(18-7-4-13-27-18)23-15(2)21-24-25-22(26-21)19-8-5-14-28-19/h4-5,7-15,20,23H,3,6H2,1-2H3/p+1/t15-,20+/m0/s1. The van der Waals surface area contributed by atoms with Gasteiger partial charge in [-0.1, -0.05) is 49.7 Å². The molecule has 6 heteroatoms. The first-order valence-corrected chi connectivity index (χ1v) is 11.3. The minimum absolute atomic E-state index is 0.0589. The van der Waals surface area contributed by atoms with Gasteiger partial charge in [-0.15, -0.1) is 32.9 Å². The van der Waals surface area contributed by atoms with Crippen LogP contribution in [0, 0.1) is 0 Å². The molecular weight excluding hydrogens is 386 g/mol. The second-order valence-electron chi connectivity index (χ2n) is 6.89. The monoisotopic (exact) mass is 410 g/mol.